The van der Waals surface area contributed by atoms with Crippen molar-refractivity contribution in [2.75, 3.05) is 30.3 Å². The zero-order chi connectivity index (χ0) is 11.5. The van der Waals surface area contributed by atoms with Crippen LogP contribution >= 0.6 is 0 Å². The van der Waals surface area contributed by atoms with Crippen LogP contribution in [0.1, 0.15) is 12.8 Å². The second-order valence-electron chi connectivity index (χ2n) is 4.14. The molecule has 0 unspecified atom stereocenters. The summed E-state index contributed by atoms with van der Waals surface area (Å²) in [5.74, 6) is 1.18. The number of nitrogens with zero attached hydrogens (tertiary/aromatic N) is 2. The molecule has 0 aliphatic carbocycles. The molecule has 1 aliphatic heterocycles. The van der Waals surface area contributed by atoms with Gasteiger partial charge in [-0.15, -0.1) is 0 Å². The van der Waals surface area contributed by atoms with Crippen LogP contribution in [-0.4, -0.2) is 29.6 Å². The van der Waals surface area contributed by atoms with E-state index in [0.717, 1.165) is 32.5 Å². The topological polar surface area (TPSA) is 101 Å². The molecule has 2 rings (SSSR count). The molecule has 0 saturated carbocycles. The van der Waals surface area contributed by atoms with Gasteiger partial charge in [0.2, 0.25) is 0 Å². The Labute approximate surface area is 93.7 Å². The maximum atomic E-state index is 11.3. The van der Waals surface area contributed by atoms with Crippen LogP contribution in [0.2, 0.25) is 0 Å². The van der Waals surface area contributed by atoms with Gasteiger partial charge in [0.15, 0.2) is 5.82 Å². The molecule has 0 atom stereocenters. The smallest absolute Gasteiger partial charge is 0.276 e. The number of nitrogens with one attached hydrogen (secondary N) is 1. The van der Waals surface area contributed by atoms with E-state index in [9.17, 15) is 4.79 Å². The number of aromatic amines is 1. The van der Waals surface area contributed by atoms with Gasteiger partial charge in [-0.05, 0) is 25.3 Å². The van der Waals surface area contributed by atoms with Gasteiger partial charge >= 0.3 is 0 Å². The van der Waals surface area contributed by atoms with Crippen molar-refractivity contribution in [1.82, 2.24) is 9.97 Å². The SMILES string of the molecule is NCC1CCN(c2nc[nH]c(=O)c2N)CC1. The van der Waals surface area contributed by atoms with Crippen LogP contribution in [0.5, 0.6) is 0 Å². The molecule has 1 aromatic heterocycles. The third kappa shape index (κ3) is 2.01. The lowest BCUT2D eigenvalue weighted by Gasteiger charge is -2.32. The summed E-state index contributed by atoms with van der Waals surface area (Å²) in [6, 6.07) is 0. The van der Waals surface area contributed by atoms with Gasteiger partial charge in [-0.3, -0.25) is 4.79 Å². The molecule has 1 saturated heterocycles. The minimum atomic E-state index is -0.272. The number of rotatable bonds is 2. The van der Waals surface area contributed by atoms with Crippen molar-refractivity contribution in [2.24, 2.45) is 11.7 Å². The Morgan fingerprint density at radius 3 is 2.81 bits per heavy atom. The Bertz CT molecular complexity index is 408. The minimum Gasteiger partial charge on any atom is -0.391 e. The van der Waals surface area contributed by atoms with Crippen LogP contribution in [-0.2, 0) is 0 Å². The fourth-order valence-corrected chi connectivity index (χ4v) is 2.03. The highest BCUT2D eigenvalue weighted by Gasteiger charge is 2.21. The van der Waals surface area contributed by atoms with Crippen LogP contribution < -0.4 is 21.9 Å². The van der Waals surface area contributed by atoms with Gasteiger partial charge in [0.05, 0.1) is 6.33 Å². The first-order valence-electron chi connectivity index (χ1n) is 5.50. The number of nitrogen functional groups attached to an aromatic ring is 1. The van der Waals surface area contributed by atoms with Crippen molar-refractivity contribution in [3.8, 4) is 0 Å². The monoisotopic (exact) mass is 223 g/mol. The Hall–Kier alpha value is -1.56. The number of anilines is 2. The Balaban J connectivity index is 2.14. The zero-order valence-corrected chi connectivity index (χ0v) is 9.15. The summed E-state index contributed by atoms with van der Waals surface area (Å²) in [5.41, 5.74) is 11.3. The largest absolute Gasteiger partial charge is 0.391 e. The van der Waals surface area contributed by atoms with Crippen molar-refractivity contribution < 1.29 is 0 Å². The fraction of sp³-hybridized carbons (Fsp3) is 0.600. The maximum absolute atomic E-state index is 11.3. The summed E-state index contributed by atoms with van der Waals surface area (Å²) in [4.78, 5) is 20.0. The fourth-order valence-electron chi connectivity index (χ4n) is 2.03. The van der Waals surface area contributed by atoms with E-state index >= 15 is 0 Å². The lowest BCUT2D eigenvalue weighted by molar-refractivity contribution is 0.413. The van der Waals surface area contributed by atoms with Gasteiger partial charge in [0.25, 0.3) is 5.56 Å². The van der Waals surface area contributed by atoms with Gasteiger partial charge in [-0.25, -0.2) is 4.98 Å². The molecular weight excluding hydrogens is 206 g/mol. The summed E-state index contributed by atoms with van der Waals surface area (Å²) in [5, 5.41) is 0. The first kappa shape index (κ1) is 10.9. The van der Waals surface area contributed by atoms with Crippen molar-refractivity contribution in [1.29, 1.82) is 0 Å². The number of hydrogen-bond acceptors (Lipinski definition) is 5. The summed E-state index contributed by atoms with van der Waals surface area (Å²) in [7, 11) is 0. The van der Waals surface area contributed by atoms with Gasteiger partial charge in [-0.2, -0.15) is 0 Å². The number of H-pyrrole nitrogens is 1. The molecular formula is C10H17N5O. The maximum Gasteiger partial charge on any atom is 0.276 e. The zero-order valence-electron chi connectivity index (χ0n) is 9.15. The van der Waals surface area contributed by atoms with Crippen molar-refractivity contribution in [3.05, 3.63) is 16.7 Å². The molecule has 1 aromatic rings. The van der Waals surface area contributed by atoms with Crippen LogP contribution in [0.25, 0.3) is 0 Å². The van der Waals surface area contributed by atoms with Gasteiger partial charge < -0.3 is 21.4 Å². The predicted molar refractivity (Wildman–Crippen MR) is 63.3 cm³/mol. The highest BCUT2D eigenvalue weighted by molar-refractivity contribution is 5.60. The molecule has 16 heavy (non-hydrogen) atoms. The lowest BCUT2D eigenvalue weighted by atomic mass is 9.97. The quantitative estimate of drug-likeness (QED) is 0.629. The number of nitrogens with two attached hydrogens (primary N) is 2. The Kier molecular flexibility index (Phi) is 3.09. The summed E-state index contributed by atoms with van der Waals surface area (Å²) < 4.78 is 0. The van der Waals surface area contributed by atoms with Crippen molar-refractivity contribution in [2.45, 2.75) is 12.8 Å². The van der Waals surface area contributed by atoms with E-state index in [0.29, 0.717) is 11.7 Å². The third-order valence-electron chi connectivity index (χ3n) is 3.12. The molecule has 1 fully saturated rings. The first-order chi connectivity index (χ1) is 7.72. The standard InChI is InChI=1S/C10H17N5O/c11-5-7-1-3-15(4-2-7)9-8(12)10(16)14-6-13-9/h6-7H,1-5,11-12H2,(H,13,14,16). The van der Waals surface area contributed by atoms with E-state index in [4.69, 9.17) is 11.5 Å². The van der Waals surface area contributed by atoms with E-state index in [1.54, 1.807) is 0 Å². The van der Waals surface area contributed by atoms with E-state index in [1.165, 1.54) is 6.33 Å². The molecule has 0 spiro atoms. The molecule has 88 valence electrons. The first-order valence-corrected chi connectivity index (χ1v) is 5.50. The number of hydrogen-bond donors (Lipinski definition) is 3. The van der Waals surface area contributed by atoms with E-state index in [1.807, 2.05) is 0 Å². The second kappa shape index (κ2) is 4.52. The van der Waals surface area contributed by atoms with Crippen molar-refractivity contribution in [3.63, 3.8) is 0 Å². The van der Waals surface area contributed by atoms with Crippen LogP contribution in [0, 0.1) is 5.92 Å². The van der Waals surface area contributed by atoms with E-state index < -0.39 is 0 Å². The van der Waals surface area contributed by atoms with Gasteiger partial charge in [-0.1, -0.05) is 0 Å². The van der Waals surface area contributed by atoms with Crippen LogP contribution in [0.15, 0.2) is 11.1 Å². The molecule has 1 aliphatic rings. The summed E-state index contributed by atoms with van der Waals surface area (Å²) >= 11 is 0. The van der Waals surface area contributed by atoms with Gasteiger partial charge in [0, 0.05) is 13.1 Å². The molecule has 0 radical (unpaired) electrons. The van der Waals surface area contributed by atoms with E-state index in [2.05, 4.69) is 14.9 Å². The highest BCUT2D eigenvalue weighted by Crippen LogP contribution is 2.22. The molecule has 6 heteroatoms. The molecule has 6 nitrogen and oxygen atoms in total. The third-order valence-corrected chi connectivity index (χ3v) is 3.12. The molecule has 5 N–H and O–H groups in total. The predicted octanol–water partition coefficient (Wildman–Crippen LogP) is -0.473. The Morgan fingerprint density at radius 1 is 1.50 bits per heavy atom. The van der Waals surface area contributed by atoms with Crippen LogP contribution in [0.4, 0.5) is 11.5 Å². The normalized spacial score (nSPS) is 17.7. The number of piperidine rings is 1. The molecule has 2 heterocycles. The highest BCUT2D eigenvalue weighted by atomic mass is 16.1. The molecule has 0 bridgehead atoms. The Morgan fingerprint density at radius 2 is 2.19 bits per heavy atom. The summed E-state index contributed by atoms with van der Waals surface area (Å²) in [6.45, 7) is 2.46. The van der Waals surface area contributed by atoms with Crippen molar-refractivity contribution >= 4 is 11.5 Å². The van der Waals surface area contributed by atoms with E-state index in [-0.39, 0.29) is 11.2 Å². The summed E-state index contributed by atoms with van der Waals surface area (Å²) in [6.07, 6.45) is 3.46. The average molecular weight is 223 g/mol. The van der Waals surface area contributed by atoms with Gasteiger partial charge in [0.1, 0.15) is 5.69 Å². The molecule has 0 amide bonds. The average Bonchev–Trinajstić information content (AvgIpc) is 2.33. The lowest BCUT2D eigenvalue weighted by Crippen LogP contribution is -2.37. The number of aromatic nitrogens is 2. The second-order valence-corrected chi connectivity index (χ2v) is 4.14. The van der Waals surface area contributed by atoms with Crippen LogP contribution in [0.3, 0.4) is 0 Å². The minimum absolute atomic E-state index is 0.202. The molecule has 0 aromatic carbocycles.